The summed E-state index contributed by atoms with van der Waals surface area (Å²) in [6.07, 6.45) is 0.306. The van der Waals surface area contributed by atoms with E-state index in [4.69, 9.17) is 4.74 Å². The second-order valence-corrected chi connectivity index (χ2v) is 7.26. The van der Waals surface area contributed by atoms with Crippen LogP contribution >= 0.6 is 0 Å². The van der Waals surface area contributed by atoms with Crippen molar-refractivity contribution in [2.45, 2.75) is 32.4 Å². The number of nitrogens with zero attached hydrogens (tertiary/aromatic N) is 1. The third kappa shape index (κ3) is 6.20. The van der Waals surface area contributed by atoms with Crippen LogP contribution in [-0.4, -0.2) is 62.9 Å². The molecule has 2 amide bonds. The van der Waals surface area contributed by atoms with Crippen LogP contribution in [0.5, 0.6) is 0 Å². The van der Waals surface area contributed by atoms with E-state index in [1.165, 1.54) is 4.90 Å². The van der Waals surface area contributed by atoms with Crippen molar-refractivity contribution in [3.8, 4) is 0 Å². The fourth-order valence-corrected chi connectivity index (χ4v) is 2.00. The highest BCUT2D eigenvalue weighted by molar-refractivity contribution is 7.85. The first-order valence-electron chi connectivity index (χ1n) is 6.08. The SMILES string of the molecule is CC(C)(C)OC(=O)N1CC(=O)NC(COS(C)(=O)=O)C1. The van der Waals surface area contributed by atoms with Gasteiger partial charge in [-0.1, -0.05) is 0 Å². The van der Waals surface area contributed by atoms with Crippen molar-refractivity contribution < 1.29 is 26.9 Å². The summed E-state index contributed by atoms with van der Waals surface area (Å²) in [6.45, 7) is 4.96. The van der Waals surface area contributed by atoms with Gasteiger partial charge in [-0.05, 0) is 20.8 Å². The lowest BCUT2D eigenvalue weighted by Gasteiger charge is -2.33. The lowest BCUT2D eigenvalue weighted by Crippen LogP contribution is -2.58. The molecule has 1 rings (SSSR count). The molecular formula is C11H20N2O6S. The predicted molar refractivity (Wildman–Crippen MR) is 70.5 cm³/mol. The van der Waals surface area contributed by atoms with Gasteiger partial charge < -0.3 is 10.1 Å². The Hall–Kier alpha value is -1.35. The number of amides is 2. The zero-order chi connectivity index (χ0) is 15.6. The molecule has 0 aromatic heterocycles. The molecule has 116 valence electrons. The summed E-state index contributed by atoms with van der Waals surface area (Å²) in [5, 5.41) is 2.56. The van der Waals surface area contributed by atoms with Gasteiger partial charge in [0.15, 0.2) is 0 Å². The normalized spacial score (nSPS) is 20.5. The molecule has 0 radical (unpaired) electrons. The van der Waals surface area contributed by atoms with E-state index >= 15 is 0 Å². The van der Waals surface area contributed by atoms with Gasteiger partial charge in [-0.15, -0.1) is 0 Å². The molecule has 1 atom stereocenters. The topological polar surface area (TPSA) is 102 Å². The largest absolute Gasteiger partial charge is 0.444 e. The zero-order valence-corrected chi connectivity index (χ0v) is 12.8. The lowest BCUT2D eigenvalue weighted by molar-refractivity contribution is -0.125. The summed E-state index contributed by atoms with van der Waals surface area (Å²) in [5.41, 5.74) is -0.663. The van der Waals surface area contributed by atoms with E-state index in [0.29, 0.717) is 0 Å². The summed E-state index contributed by atoms with van der Waals surface area (Å²) in [5.74, 6) is -0.385. The smallest absolute Gasteiger partial charge is 0.410 e. The number of hydrogen-bond donors (Lipinski definition) is 1. The maximum atomic E-state index is 11.9. The van der Waals surface area contributed by atoms with Crippen LogP contribution in [0.3, 0.4) is 0 Å². The number of nitrogens with one attached hydrogen (secondary N) is 1. The number of hydrogen-bond acceptors (Lipinski definition) is 6. The Bertz CT molecular complexity index is 482. The standard InChI is InChI=1S/C11H20N2O6S/c1-11(2,3)19-10(15)13-5-8(12-9(14)6-13)7-18-20(4,16)17/h8H,5-7H2,1-4H3,(H,12,14). The Morgan fingerprint density at radius 3 is 2.55 bits per heavy atom. The van der Waals surface area contributed by atoms with Crippen LogP contribution in [0.25, 0.3) is 0 Å². The van der Waals surface area contributed by atoms with Crippen LogP contribution in [0.15, 0.2) is 0 Å². The van der Waals surface area contributed by atoms with Gasteiger partial charge in [-0.2, -0.15) is 8.42 Å². The molecule has 0 aliphatic carbocycles. The molecule has 8 nitrogen and oxygen atoms in total. The average molecular weight is 308 g/mol. The molecule has 1 fully saturated rings. The number of ether oxygens (including phenoxy) is 1. The minimum atomic E-state index is -3.59. The van der Waals surface area contributed by atoms with Crippen LogP contribution in [0.1, 0.15) is 20.8 Å². The molecule has 20 heavy (non-hydrogen) atoms. The molecule has 0 spiro atoms. The van der Waals surface area contributed by atoms with Crippen molar-refractivity contribution in [3.05, 3.63) is 0 Å². The Morgan fingerprint density at radius 2 is 2.05 bits per heavy atom. The van der Waals surface area contributed by atoms with E-state index < -0.39 is 27.9 Å². The number of rotatable bonds is 3. The molecule has 0 bridgehead atoms. The molecule has 1 N–H and O–H groups in total. The van der Waals surface area contributed by atoms with Crippen LogP contribution in [0.4, 0.5) is 4.79 Å². The number of carbonyl (C=O) groups excluding carboxylic acids is 2. The third-order valence-corrected chi connectivity index (χ3v) is 2.84. The summed E-state index contributed by atoms with van der Waals surface area (Å²) < 4.78 is 31.6. The minimum absolute atomic E-state index is 0.121. The molecule has 1 unspecified atom stereocenters. The highest BCUT2D eigenvalue weighted by Crippen LogP contribution is 2.12. The Kier molecular flexibility index (Phi) is 4.98. The average Bonchev–Trinajstić information content (AvgIpc) is 2.22. The molecule has 0 saturated carbocycles. The van der Waals surface area contributed by atoms with E-state index in [1.54, 1.807) is 20.8 Å². The lowest BCUT2D eigenvalue weighted by atomic mass is 10.2. The molecule has 1 heterocycles. The summed E-state index contributed by atoms with van der Waals surface area (Å²) in [6, 6.07) is -0.585. The van der Waals surface area contributed by atoms with Gasteiger partial charge in [-0.3, -0.25) is 13.9 Å². The molecule has 1 saturated heterocycles. The van der Waals surface area contributed by atoms with Crippen molar-refractivity contribution in [3.63, 3.8) is 0 Å². The van der Waals surface area contributed by atoms with Crippen LogP contribution in [0, 0.1) is 0 Å². The van der Waals surface area contributed by atoms with Gasteiger partial charge in [0.25, 0.3) is 10.1 Å². The monoisotopic (exact) mass is 308 g/mol. The molecule has 0 aromatic rings. The number of piperazine rings is 1. The molecule has 1 aliphatic heterocycles. The molecular weight excluding hydrogens is 288 g/mol. The van der Waals surface area contributed by atoms with Crippen molar-refractivity contribution in [2.24, 2.45) is 0 Å². The van der Waals surface area contributed by atoms with Gasteiger partial charge in [0.2, 0.25) is 5.91 Å². The molecule has 9 heteroatoms. The first-order valence-corrected chi connectivity index (χ1v) is 7.89. The Balaban J connectivity index is 2.62. The summed E-state index contributed by atoms with van der Waals surface area (Å²) in [4.78, 5) is 24.6. The van der Waals surface area contributed by atoms with Crippen molar-refractivity contribution in [2.75, 3.05) is 26.0 Å². The predicted octanol–water partition coefficient (Wildman–Crippen LogP) is -0.302. The zero-order valence-electron chi connectivity index (χ0n) is 12.0. The van der Waals surface area contributed by atoms with Crippen LogP contribution in [-0.2, 0) is 23.8 Å². The van der Waals surface area contributed by atoms with E-state index in [-0.39, 0.29) is 25.6 Å². The fourth-order valence-electron chi connectivity index (χ4n) is 1.59. The van der Waals surface area contributed by atoms with E-state index in [9.17, 15) is 18.0 Å². The maximum absolute atomic E-state index is 11.9. The third-order valence-electron chi connectivity index (χ3n) is 2.28. The number of carbonyl (C=O) groups is 2. The fraction of sp³-hybridized carbons (Fsp3) is 0.818. The van der Waals surface area contributed by atoms with Gasteiger partial charge in [-0.25, -0.2) is 4.79 Å². The quantitative estimate of drug-likeness (QED) is 0.718. The van der Waals surface area contributed by atoms with Crippen molar-refractivity contribution in [1.82, 2.24) is 10.2 Å². The summed E-state index contributed by atoms with van der Waals surface area (Å²) in [7, 11) is -3.59. The Labute approximate surface area is 118 Å². The summed E-state index contributed by atoms with van der Waals surface area (Å²) >= 11 is 0. The van der Waals surface area contributed by atoms with E-state index in [1.807, 2.05) is 0 Å². The minimum Gasteiger partial charge on any atom is -0.444 e. The van der Waals surface area contributed by atoms with E-state index in [2.05, 4.69) is 9.50 Å². The van der Waals surface area contributed by atoms with Gasteiger partial charge in [0, 0.05) is 6.54 Å². The highest BCUT2D eigenvalue weighted by atomic mass is 32.2. The Morgan fingerprint density at radius 1 is 1.45 bits per heavy atom. The molecule has 1 aliphatic rings. The van der Waals surface area contributed by atoms with Crippen LogP contribution in [0.2, 0.25) is 0 Å². The van der Waals surface area contributed by atoms with Crippen LogP contribution < -0.4 is 5.32 Å². The first-order chi connectivity index (χ1) is 8.96. The second kappa shape index (κ2) is 5.96. The van der Waals surface area contributed by atoms with Gasteiger partial charge in [0.05, 0.1) is 18.9 Å². The highest BCUT2D eigenvalue weighted by Gasteiger charge is 2.31. The van der Waals surface area contributed by atoms with E-state index in [0.717, 1.165) is 6.26 Å². The molecule has 0 aromatic carbocycles. The van der Waals surface area contributed by atoms with Gasteiger partial charge >= 0.3 is 6.09 Å². The first kappa shape index (κ1) is 16.7. The van der Waals surface area contributed by atoms with Gasteiger partial charge in [0.1, 0.15) is 12.1 Å². The van der Waals surface area contributed by atoms with Crippen molar-refractivity contribution >= 4 is 22.1 Å². The maximum Gasteiger partial charge on any atom is 0.410 e. The second-order valence-electron chi connectivity index (χ2n) is 5.61. The van der Waals surface area contributed by atoms with Crippen molar-refractivity contribution in [1.29, 1.82) is 0 Å².